The van der Waals surface area contributed by atoms with E-state index in [0.29, 0.717) is 39.8 Å². The van der Waals surface area contributed by atoms with Crippen LogP contribution in [0.25, 0.3) is 16.7 Å². The Labute approximate surface area is 218 Å². The van der Waals surface area contributed by atoms with Crippen LogP contribution in [0.4, 0.5) is 26.3 Å². The van der Waals surface area contributed by atoms with Crippen molar-refractivity contribution in [2.75, 3.05) is 6.61 Å². The quantitative estimate of drug-likeness (QED) is 0.213. The number of hydrogen-bond donors (Lipinski definition) is 0. The molecule has 0 aliphatic carbocycles. The molecule has 0 aliphatic rings. The second kappa shape index (κ2) is 11.9. The van der Waals surface area contributed by atoms with Gasteiger partial charge in [-0.1, -0.05) is 56.3 Å². The molecule has 0 saturated carbocycles. The van der Waals surface area contributed by atoms with E-state index in [-0.39, 0.29) is 18.9 Å². The van der Waals surface area contributed by atoms with Crippen molar-refractivity contribution < 1.29 is 35.9 Å². The van der Waals surface area contributed by atoms with Crippen LogP contribution in [0.2, 0.25) is 0 Å². The van der Waals surface area contributed by atoms with E-state index in [1.807, 2.05) is 19.9 Å². The Bertz CT molecular complexity index is 1270. The first-order valence-electron chi connectivity index (χ1n) is 12.1. The standard InChI is InChI=1S/C30H28F6O2/c1-4-38-28(37)18-20-6-16-26(27(17-20)22-9-13-24(14-10-22)30(34,35)36)25(15-5-19(2)3)21-7-11-23(12-8-21)29(31,32)33/h6-17,19H,4-5,18H2,1-3H3/b25-15+. The van der Waals surface area contributed by atoms with Gasteiger partial charge in [0.15, 0.2) is 0 Å². The summed E-state index contributed by atoms with van der Waals surface area (Å²) in [6.07, 6.45) is -6.49. The fourth-order valence-electron chi connectivity index (χ4n) is 3.97. The lowest BCUT2D eigenvalue weighted by Gasteiger charge is -2.18. The summed E-state index contributed by atoms with van der Waals surface area (Å²) in [5.41, 5.74) is 1.84. The van der Waals surface area contributed by atoms with Crippen LogP contribution in [0, 0.1) is 5.92 Å². The minimum atomic E-state index is -4.50. The molecular formula is C30H28F6O2. The smallest absolute Gasteiger partial charge is 0.416 e. The van der Waals surface area contributed by atoms with Crippen molar-refractivity contribution in [1.82, 2.24) is 0 Å². The van der Waals surface area contributed by atoms with Gasteiger partial charge in [-0.3, -0.25) is 4.79 Å². The van der Waals surface area contributed by atoms with E-state index in [2.05, 4.69) is 0 Å². The SMILES string of the molecule is CCOC(=O)Cc1ccc(/C(=C/CC(C)C)c2ccc(C(F)(F)F)cc2)c(-c2ccc(C(F)(F)F)cc2)c1. The number of carbonyl (C=O) groups is 1. The zero-order chi connectivity index (χ0) is 28.1. The van der Waals surface area contributed by atoms with E-state index in [1.165, 1.54) is 24.3 Å². The van der Waals surface area contributed by atoms with E-state index in [9.17, 15) is 31.1 Å². The van der Waals surface area contributed by atoms with E-state index >= 15 is 0 Å². The van der Waals surface area contributed by atoms with Crippen molar-refractivity contribution in [1.29, 1.82) is 0 Å². The lowest BCUT2D eigenvalue weighted by atomic mass is 9.87. The first kappa shape index (κ1) is 29.0. The summed E-state index contributed by atoms with van der Waals surface area (Å²) in [7, 11) is 0. The summed E-state index contributed by atoms with van der Waals surface area (Å²) < 4.78 is 84.1. The summed E-state index contributed by atoms with van der Waals surface area (Å²) in [5, 5.41) is 0. The first-order valence-corrected chi connectivity index (χ1v) is 12.1. The molecular weight excluding hydrogens is 506 g/mol. The highest BCUT2D eigenvalue weighted by Gasteiger charge is 2.31. The number of carbonyl (C=O) groups excluding carboxylic acids is 1. The molecule has 0 bridgehead atoms. The lowest BCUT2D eigenvalue weighted by molar-refractivity contribution is -0.142. The van der Waals surface area contributed by atoms with Gasteiger partial charge >= 0.3 is 18.3 Å². The van der Waals surface area contributed by atoms with Crippen LogP contribution < -0.4 is 0 Å². The number of rotatable bonds is 8. The van der Waals surface area contributed by atoms with Crippen LogP contribution in [0.15, 0.2) is 72.8 Å². The van der Waals surface area contributed by atoms with Gasteiger partial charge in [0.25, 0.3) is 0 Å². The Kier molecular flexibility index (Phi) is 9.07. The molecule has 0 unspecified atom stereocenters. The highest BCUT2D eigenvalue weighted by molar-refractivity contribution is 5.89. The Morgan fingerprint density at radius 2 is 1.39 bits per heavy atom. The van der Waals surface area contributed by atoms with Crippen LogP contribution in [-0.2, 0) is 28.3 Å². The van der Waals surface area contributed by atoms with Crippen LogP contribution >= 0.6 is 0 Å². The maximum atomic E-state index is 13.2. The normalized spacial score (nSPS) is 12.6. The molecule has 0 fully saturated rings. The Morgan fingerprint density at radius 1 is 0.842 bits per heavy atom. The van der Waals surface area contributed by atoms with Crippen LogP contribution in [0.5, 0.6) is 0 Å². The molecule has 0 N–H and O–H groups in total. The summed E-state index contributed by atoms with van der Waals surface area (Å²) in [5.74, 6) is -0.200. The summed E-state index contributed by atoms with van der Waals surface area (Å²) >= 11 is 0. The van der Waals surface area contributed by atoms with Crippen molar-refractivity contribution in [2.45, 2.75) is 46.0 Å². The monoisotopic (exact) mass is 534 g/mol. The largest absolute Gasteiger partial charge is 0.466 e. The highest BCUT2D eigenvalue weighted by Crippen LogP contribution is 2.38. The summed E-state index contributed by atoms with van der Waals surface area (Å²) in [4.78, 5) is 12.1. The van der Waals surface area contributed by atoms with Crippen molar-refractivity contribution in [3.8, 4) is 11.1 Å². The molecule has 0 amide bonds. The minimum Gasteiger partial charge on any atom is -0.466 e. The zero-order valence-electron chi connectivity index (χ0n) is 21.2. The fourth-order valence-corrected chi connectivity index (χ4v) is 3.97. The Morgan fingerprint density at radius 3 is 1.89 bits per heavy atom. The van der Waals surface area contributed by atoms with Crippen molar-refractivity contribution >= 4 is 11.5 Å². The van der Waals surface area contributed by atoms with Gasteiger partial charge in [0.1, 0.15) is 0 Å². The minimum absolute atomic E-state index is 0.0346. The molecule has 0 atom stereocenters. The van der Waals surface area contributed by atoms with E-state index in [1.54, 1.807) is 25.1 Å². The Balaban J connectivity index is 2.19. The van der Waals surface area contributed by atoms with Crippen molar-refractivity contribution in [3.63, 3.8) is 0 Å². The molecule has 3 rings (SSSR count). The van der Waals surface area contributed by atoms with Gasteiger partial charge in [0.2, 0.25) is 0 Å². The lowest BCUT2D eigenvalue weighted by Crippen LogP contribution is -2.08. The van der Waals surface area contributed by atoms with Gasteiger partial charge < -0.3 is 4.74 Å². The molecule has 202 valence electrons. The number of ether oxygens (including phenoxy) is 1. The molecule has 3 aromatic rings. The predicted molar refractivity (Wildman–Crippen MR) is 135 cm³/mol. The van der Waals surface area contributed by atoms with Gasteiger partial charge in [-0.25, -0.2) is 0 Å². The third-order valence-corrected chi connectivity index (χ3v) is 5.87. The molecule has 0 heterocycles. The van der Waals surface area contributed by atoms with E-state index in [4.69, 9.17) is 4.74 Å². The molecule has 2 nitrogen and oxygen atoms in total. The Hall–Kier alpha value is -3.55. The van der Waals surface area contributed by atoms with Gasteiger partial charge in [-0.2, -0.15) is 26.3 Å². The number of esters is 1. The molecule has 0 radical (unpaired) electrons. The number of alkyl halides is 6. The molecule has 0 aromatic heterocycles. The number of halogens is 6. The highest BCUT2D eigenvalue weighted by atomic mass is 19.4. The molecule has 0 spiro atoms. The van der Waals surface area contributed by atoms with Crippen molar-refractivity contribution in [2.24, 2.45) is 5.92 Å². The van der Waals surface area contributed by atoms with Gasteiger partial charge in [-0.15, -0.1) is 0 Å². The molecule has 0 aliphatic heterocycles. The van der Waals surface area contributed by atoms with E-state index in [0.717, 1.165) is 24.3 Å². The van der Waals surface area contributed by atoms with E-state index < -0.39 is 29.4 Å². The summed E-state index contributed by atoms with van der Waals surface area (Å²) in [6.45, 7) is 5.89. The second-order valence-corrected chi connectivity index (χ2v) is 9.26. The maximum Gasteiger partial charge on any atom is 0.416 e. The van der Waals surface area contributed by atoms with Gasteiger partial charge in [0, 0.05) is 0 Å². The second-order valence-electron chi connectivity index (χ2n) is 9.26. The van der Waals surface area contributed by atoms with Crippen LogP contribution in [0.3, 0.4) is 0 Å². The molecule has 3 aromatic carbocycles. The van der Waals surface area contributed by atoms with Crippen LogP contribution in [0.1, 0.15) is 55.0 Å². The molecule has 8 heteroatoms. The average Bonchev–Trinajstić information content (AvgIpc) is 2.84. The van der Waals surface area contributed by atoms with Gasteiger partial charge in [-0.05, 0) is 83.0 Å². The summed E-state index contributed by atoms with van der Waals surface area (Å²) in [6, 6.07) is 14.6. The fraction of sp³-hybridized carbons (Fsp3) is 0.300. The van der Waals surface area contributed by atoms with Gasteiger partial charge in [0.05, 0.1) is 24.2 Å². The third kappa shape index (κ3) is 7.49. The average molecular weight is 535 g/mol. The zero-order valence-corrected chi connectivity index (χ0v) is 21.2. The molecule has 0 saturated heterocycles. The number of hydrogen-bond acceptors (Lipinski definition) is 2. The number of allylic oxidation sites excluding steroid dienone is 1. The topological polar surface area (TPSA) is 26.3 Å². The molecule has 38 heavy (non-hydrogen) atoms. The third-order valence-electron chi connectivity index (χ3n) is 5.87. The first-order chi connectivity index (χ1) is 17.8. The number of benzene rings is 3. The maximum absolute atomic E-state index is 13.2. The van der Waals surface area contributed by atoms with Crippen LogP contribution in [-0.4, -0.2) is 12.6 Å². The predicted octanol–water partition coefficient (Wildman–Crippen LogP) is 8.97. The van der Waals surface area contributed by atoms with Crippen molar-refractivity contribution in [3.05, 3.63) is 101 Å².